The summed E-state index contributed by atoms with van der Waals surface area (Å²) < 4.78 is 0.529. The molecule has 1 aromatic heterocycles. The van der Waals surface area contributed by atoms with E-state index in [2.05, 4.69) is 39.7 Å². The van der Waals surface area contributed by atoms with Crippen LogP contribution in [0.4, 0.5) is 0 Å². The Labute approximate surface area is 131 Å². The van der Waals surface area contributed by atoms with Gasteiger partial charge in [0.2, 0.25) is 0 Å². The van der Waals surface area contributed by atoms with Gasteiger partial charge in [-0.1, -0.05) is 37.6 Å². The number of aromatic amines is 1. The van der Waals surface area contributed by atoms with Crippen LogP contribution in [0, 0.1) is 5.92 Å². The highest BCUT2D eigenvalue weighted by Gasteiger charge is 2.11. The zero-order valence-corrected chi connectivity index (χ0v) is 13.8. The fourth-order valence-corrected chi connectivity index (χ4v) is 2.57. The van der Waals surface area contributed by atoms with Gasteiger partial charge in [-0.2, -0.15) is 0 Å². The van der Waals surface area contributed by atoms with Crippen molar-refractivity contribution < 1.29 is 0 Å². The first-order chi connectivity index (χ1) is 9.45. The Kier molecular flexibility index (Phi) is 5.00. The molecule has 2 rings (SSSR count). The lowest BCUT2D eigenvalue weighted by Crippen LogP contribution is -2.17. The van der Waals surface area contributed by atoms with Gasteiger partial charge in [-0.3, -0.25) is 4.79 Å². The first-order valence-corrected chi connectivity index (χ1v) is 7.65. The molecule has 0 fully saturated rings. The second-order valence-electron chi connectivity index (χ2n) is 5.18. The Morgan fingerprint density at radius 3 is 2.80 bits per heavy atom. The average Bonchev–Trinajstić information content (AvgIpc) is 2.35. The van der Waals surface area contributed by atoms with Crippen LogP contribution < -0.4 is 5.56 Å². The Morgan fingerprint density at radius 1 is 1.40 bits per heavy atom. The Morgan fingerprint density at radius 2 is 2.15 bits per heavy atom. The summed E-state index contributed by atoms with van der Waals surface area (Å²) in [5.74, 6) is 1.11. The molecule has 5 heteroatoms. The van der Waals surface area contributed by atoms with E-state index in [0.717, 1.165) is 17.7 Å². The number of benzene rings is 1. The summed E-state index contributed by atoms with van der Waals surface area (Å²) in [5, 5.41) is 0.685. The van der Waals surface area contributed by atoms with E-state index in [0.29, 0.717) is 27.7 Å². The molecule has 0 bridgehead atoms. The molecular formula is C15H16BrClN2O. The molecule has 0 unspecified atom stereocenters. The van der Waals surface area contributed by atoms with E-state index in [1.54, 1.807) is 0 Å². The van der Waals surface area contributed by atoms with Crippen LogP contribution in [0.3, 0.4) is 0 Å². The summed E-state index contributed by atoms with van der Waals surface area (Å²) in [6.07, 6.45) is 1.33. The van der Waals surface area contributed by atoms with Crippen molar-refractivity contribution in [2.24, 2.45) is 5.92 Å². The second kappa shape index (κ2) is 6.55. The predicted octanol–water partition coefficient (Wildman–Crippen LogP) is 3.98. The van der Waals surface area contributed by atoms with Crippen molar-refractivity contribution in [3.63, 3.8) is 0 Å². The molecule has 0 atom stereocenters. The normalized spacial score (nSPS) is 11.1. The second-order valence-corrected chi connectivity index (χ2v) is 6.41. The number of halogens is 2. The smallest absolute Gasteiger partial charge is 0.265 e. The molecule has 0 saturated carbocycles. The van der Waals surface area contributed by atoms with Crippen LogP contribution in [0.2, 0.25) is 5.02 Å². The lowest BCUT2D eigenvalue weighted by atomic mass is 10.1. The molecule has 106 valence electrons. The number of nitrogens with zero attached hydrogens (tertiary/aromatic N) is 1. The third-order valence-corrected chi connectivity index (χ3v) is 3.90. The molecular weight excluding hydrogens is 340 g/mol. The molecule has 1 aromatic carbocycles. The van der Waals surface area contributed by atoms with Crippen molar-refractivity contribution in [3.8, 4) is 0 Å². The first kappa shape index (κ1) is 15.3. The highest BCUT2D eigenvalue weighted by Crippen LogP contribution is 2.16. The summed E-state index contributed by atoms with van der Waals surface area (Å²) in [6, 6.07) is 7.57. The van der Waals surface area contributed by atoms with E-state index in [1.165, 1.54) is 0 Å². The van der Waals surface area contributed by atoms with Gasteiger partial charge in [0, 0.05) is 11.4 Å². The maximum Gasteiger partial charge on any atom is 0.265 e. The van der Waals surface area contributed by atoms with Crippen molar-refractivity contribution in [3.05, 3.63) is 61.2 Å². The lowest BCUT2D eigenvalue weighted by Gasteiger charge is -2.09. The van der Waals surface area contributed by atoms with Gasteiger partial charge in [0.15, 0.2) is 0 Å². The van der Waals surface area contributed by atoms with Crippen molar-refractivity contribution >= 4 is 27.5 Å². The van der Waals surface area contributed by atoms with Gasteiger partial charge in [-0.25, -0.2) is 4.98 Å². The highest BCUT2D eigenvalue weighted by atomic mass is 79.9. The van der Waals surface area contributed by atoms with Crippen molar-refractivity contribution in [2.45, 2.75) is 26.7 Å². The molecule has 2 aromatic rings. The van der Waals surface area contributed by atoms with E-state index in [9.17, 15) is 4.79 Å². The van der Waals surface area contributed by atoms with Crippen LogP contribution >= 0.6 is 27.5 Å². The van der Waals surface area contributed by atoms with E-state index in [1.807, 2.05) is 24.3 Å². The zero-order valence-electron chi connectivity index (χ0n) is 11.4. The molecule has 0 amide bonds. The Bertz CT molecular complexity index is 667. The molecule has 0 spiro atoms. The predicted molar refractivity (Wildman–Crippen MR) is 85.4 cm³/mol. The van der Waals surface area contributed by atoms with Gasteiger partial charge < -0.3 is 4.98 Å². The number of H-pyrrole nitrogens is 1. The number of hydrogen-bond donors (Lipinski definition) is 1. The van der Waals surface area contributed by atoms with Gasteiger partial charge in [-0.05, 0) is 46.0 Å². The molecule has 0 aliphatic heterocycles. The molecule has 0 radical (unpaired) electrons. The highest BCUT2D eigenvalue weighted by molar-refractivity contribution is 9.10. The first-order valence-electron chi connectivity index (χ1n) is 6.47. The topological polar surface area (TPSA) is 45.8 Å². The minimum atomic E-state index is -0.132. The standard InChI is InChI=1S/C15H16BrClN2O/c1-9(2)6-12-14(16)15(20)19-13(18-12)8-10-4-3-5-11(17)7-10/h3-5,7,9H,6,8H2,1-2H3,(H,18,19,20). The molecule has 0 aliphatic carbocycles. The van der Waals surface area contributed by atoms with Crippen LogP contribution in [0.1, 0.15) is 30.9 Å². The summed E-state index contributed by atoms with van der Waals surface area (Å²) in [6.45, 7) is 4.21. The van der Waals surface area contributed by atoms with E-state index in [4.69, 9.17) is 11.6 Å². The van der Waals surface area contributed by atoms with Crippen LogP contribution in [-0.4, -0.2) is 9.97 Å². The number of aromatic nitrogens is 2. The fourth-order valence-electron chi connectivity index (χ4n) is 2.00. The van der Waals surface area contributed by atoms with Crippen molar-refractivity contribution in [2.75, 3.05) is 0 Å². The number of nitrogens with one attached hydrogen (secondary N) is 1. The van der Waals surface area contributed by atoms with E-state index >= 15 is 0 Å². The SMILES string of the molecule is CC(C)Cc1nc(Cc2cccc(Cl)c2)[nH]c(=O)c1Br. The Balaban J connectivity index is 2.33. The van der Waals surface area contributed by atoms with Crippen molar-refractivity contribution in [1.82, 2.24) is 9.97 Å². The molecule has 20 heavy (non-hydrogen) atoms. The summed E-state index contributed by atoms with van der Waals surface area (Å²) in [5.41, 5.74) is 1.70. The van der Waals surface area contributed by atoms with Crippen molar-refractivity contribution in [1.29, 1.82) is 0 Å². The van der Waals surface area contributed by atoms with E-state index < -0.39 is 0 Å². The zero-order chi connectivity index (χ0) is 14.7. The maximum atomic E-state index is 11.9. The van der Waals surface area contributed by atoms with Crippen LogP contribution in [0.15, 0.2) is 33.5 Å². The molecule has 0 aliphatic rings. The van der Waals surface area contributed by atoms with E-state index in [-0.39, 0.29) is 5.56 Å². The van der Waals surface area contributed by atoms with Gasteiger partial charge >= 0.3 is 0 Å². The molecule has 1 N–H and O–H groups in total. The minimum absolute atomic E-state index is 0.132. The van der Waals surface area contributed by atoms with Gasteiger partial charge in [0.1, 0.15) is 10.3 Å². The van der Waals surface area contributed by atoms with Gasteiger partial charge in [-0.15, -0.1) is 0 Å². The maximum absolute atomic E-state index is 11.9. The number of rotatable bonds is 4. The van der Waals surface area contributed by atoms with Gasteiger partial charge in [0.25, 0.3) is 5.56 Å². The summed E-state index contributed by atoms with van der Waals surface area (Å²) in [7, 11) is 0. The Hall–Kier alpha value is -1.13. The molecule has 3 nitrogen and oxygen atoms in total. The van der Waals surface area contributed by atoms with Crippen LogP contribution in [0.5, 0.6) is 0 Å². The summed E-state index contributed by atoms with van der Waals surface area (Å²) >= 11 is 9.28. The fraction of sp³-hybridized carbons (Fsp3) is 0.333. The van der Waals surface area contributed by atoms with Gasteiger partial charge in [0.05, 0.1) is 5.69 Å². The van der Waals surface area contributed by atoms with Crippen LogP contribution in [0.25, 0.3) is 0 Å². The number of hydrogen-bond acceptors (Lipinski definition) is 2. The van der Waals surface area contributed by atoms with Crippen LogP contribution in [-0.2, 0) is 12.8 Å². The summed E-state index contributed by atoms with van der Waals surface area (Å²) in [4.78, 5) is 19.3. The largest absolute Gasteiger partial charge is 0.309 e. The minimum Gasteiger partial charge on any atom is -0.309 e. The quantitative estimate of drug-likeness (QED) is 0.902. The monoisotopic (exact) mass is 354 g/mol. The third kappa shape index (κ3) is 3.93. The third-order valence-electron chi connectivity index (χ3n) is 2.84. The lowest BCUT2D eigenvalue weighted by molar-refractivity contribution is 0.627. The average molecular weight is 356 g/mol. The molecule has 0 saturated heterocycles. The molecule has 1 heterocycles.